The zero-order valence-corrected chi connectivity index (χ0v) is 17.6. The van der Waals surface area contributed by atoms with E-state index < -0.39 is 5.91 Å². The van der Waals surface area contributed by atoms with E-state index in [0.717, 1.165) is 0 Å². The Labute approximate surface area is 185 Å². The van der Waals surface area contributed by atoms with Gasteiger partial charge >= 0.3 is 0 Å². The normalized spacial score (nSPS) is 10.6. The summed E-state index contributed by atoms with van der Waals surface area (Å²) in [4.78, 5) is 25.0. The van der Waals surface area contributed by atoms with Crippen LogP contribution < -0.4 is 20.1 Å². The molecule has 0 aliphatic heterocycles. The highest BCUT2D eigenvalue weighted by molar-refractivity contribution is 6.10. The van der Waals surface area contributed by atoms with E-state index in [1.54, 1.807) is 79.9 Å². The molecule has 2 N–H and O–H groups in total. The quantitative estimate of drug-likeness (QED) is 0.427. The third-order valence-electron chi connectivity index (χ3n) is 4.50. The fourth-order valence-corrected chi connectivity index (χ4v) is 2.87. The molecule has 0 heterocycles. The molecule has 3 aromatic rings. The van der Waals surface area contributed by atoms with Crippen LogP contribution in [0.3, 0.4) is 0 Å². The lowest BCUT2D eigenvalue weighted by atomic mass is 10.1. The molecule has 160 valence electrons. The molecule has 2 amide bonds. The largest absolute Gasteiger partial charge is 0.497 e. The number of benzene rings is 3. The highest BCUT2D eigenvalue weighted by Gasteiger charge is 2.11. The molecule has 0 spiro atoms. The number of methoxy groups -OCH3 is 2. The number of anilines is 2. The molecule has 0 unspecified atom stereocenters. The van der Waals surface area contributed by atoms with E-state index in [0.29, 0.717) is 34.0 Å². The average Bonchev–Trinajstić information content (AvgIpc) is 2.82. The minimum Gasteiger partial charge on any atom is -0.497 e. The smallest absolute Gasteiger partial charge is 0.266 e. The van der Waals surface area contributed by atoms with E-state index in [4.69, 9.17) is 9.47 Å². The molecule has 0 saturated carbocycles. The molecule has 0 aromatic heterocycles. The summed E-state index contributed by atoms with van der Waals surface area (Å²) in [5, 5.41) is 14.9. The molecule has 0 atom stereocenters. The molecule has 3 aromatic carbocycles. The Hall–Kier alpha value is -4.57. The van der Waals surface area contributed by atoms with Crippen LogP contribution in [-0.2, 0) is 4.79 Å². The maximum absolute atomic E-state index is 12.5. The molecular weight excluding hydrogens is 406 g/mol. The Balaban J connectivity index is 1.73. The van der Waals surface area contributed by atoms with Crippen molar-refractivity contribution in [1.82, 2.24) is 0 Å². The highest BCUT2D eigenvalue weighted by atomic mass is 16.5. The Morgan fingerprint density at radius 3 is 2.16 bits per heavy atom. The summed E-state index contributed by atoms with van der Waals surface area (Å²) >= 11 is 0. The van der Waals surface area contributed by atoms with E-state index in [-0.39, 0.29) is 11.5 Å². The number of ether oxygens (including phenoxy) is 2. The average molecular weight is 427 g/mol. The van der Waals surface area contributed by atoms with Gasteiger partial charge in [-0.25, -0.2) is 0 Å². The van der Waals surface area contributed by atoms with Gasteiger partial charge in [-0.3, -0.25) is 9.59 Å². The second-order valence-electron chi connectivity index (χ2n) is 6.66. The summed E-state index contributed by atoms with van der Waals surface area (Å²) < 4.78 is 10.2. The molecule has 7 nitrogen and oxygen atoms in total. The van der Waals surface area contributed by atoms with Crippen LogP contribution in [0.5, 0.6) is 11.5 Å². The summed E-state index contributed by atoms with van der Waals surface area (Å²) in [5.41, 5.74) is 2.03. The zero-order chi connectivity index (χ0) is 22.9. The molecule has 0 fully saturated rings. The Morgan fingerprint density at radius 2 is 1.50 bits per heavy atom. The lowest BCUT2D eigenvalue weighted by molar-refractivity contribution is -0.112. The van der Waals surface area contributed by atoms with E-state index >= 15 is 0 Å². The first-order valence-electron chi connectivity index (χ1n) is 9.65. The molecular formula is C25H21N3O4. The van der Waals surface area contributed by atoms with Crippen molar-refractivity contribution in [3.05, 3.63) is 89.5 Å². The van der Waals surface area contributed by atoms with Gasteiger partial charge in [0.25, 0.3) is 11.8 Å². The number of hydrogen-bond donors (Lipinski definition) is 2. The second kappa shape index (κ2) is 10.5. The van der Waals surface area contributed by atoms with Crippen LogP contribution in [0.15, 0.2) is 78.4 Å². The van der Waals surface area contributed by atoms with E-state index in [1.807, 2.05) is 6.07 Å². The first-order chi connectivity index (χ1) is 15.5. The fraction of sp³-hybridized carbons (Fsp3) is 0.0800. The fourth-order valence-electron chi connectivity index (χ4n) is 2.87. The van der Waals surface area contributed by atoms with Crippen LogP contribution in [0.25, 0.3) is 6.08 Å². The van der Waals surface area contributed by atoms with E-state index in [9.17, 15) is 14.9 Å². The summed E-state index contributed by atoms with van der Waals surface area (Å²) in [6.07, 6.45) is 1.46. The van der Waals surface area contributed by atoms with Crippen molar-refractivity contribution in [1.29, 1.82) is 5.26 Å². The van der Waals surface area contributed by atoms with Crippen LogP contribution in [-0.4, -0.2) is 26.0 Å². The highest BCUT2D eigenvalue weighted by Crippen LogP contribution is 2.19. The monoisotopic (exact) mass is 427 g/mol. The Kier molecular flexibility index (Phi) is 7.23. The van der Waals surface area contributed by atoms with Crippen LogP contribution in [0.2, 0.25) is 0 Å². The minimum atomic E-state index is -0.548. The van der Waals surface area contributed by atoms with Crippen LogP contribution in [0.4, 0.5) is 11.4 Å². The van der Waals surface area contributed by atoms with Gasteiger partial charge in [-0.15, -0.1) is 0 Å². The van der Waals surface area contributed by atoms with Crippen LogP contribution in [0, 0.1) is 11.3 Å². The van der Waals surface area contributed by atoms with Crippen molar-refractivity contribution in [2.75, 3.05) is 24.9 Å². The molecule has 0 aliphatic carbocycles. The lowest BCUT2D eigenvalue weighted by Crippen LogP contribution is -2.13. The topological polar surface area (TPSA) is 100 Å². The third-order valence-corrected chi connectivity index (χ3v) is 4.50. The van der Waals surface area contributed by atoms with Crippen molar-refractivity contribution >= 4 is 29.3 Å². The number of amides is 2. The number of carbonyl (C=O) groups is 2. The number of carbonyl (C=O) groups excluding carboxylic acids is 2. The molecule has 7 heteroatoms. The van der Waals surface area contributed by atoms with Crippen molar-refractivity contribution < 1.29 is 19.1 Å². The Bertz CT molecular complexity index is 1190. The second-order valence-corrected chi connectivity index (χ2v) is 6.66. The van der Waals surface area contributed by atoms with Crippen molar-refractivity contribution in [2.45, 2.75) is 0 Å². The molecule has 0 saturated heterocycles. The van der Waals surface area contributed by atoms with Crippen molar-refractivity contribution in [3.63, 3.8) is 0 Å². The van der Waals surface area contributed by atoms with Gasteiger partial charge in [0.05, 0.1) is 14.2 Å². The van der Waals surface area contributed by atoms with Gasteiger partial charge < -0.3 is 20.1 Å². The predicted octanol–water partition coefficient (Wildman–Crippen LogP) is 4.50. The number of nitriles is 1. The maximum atomic E-state index is 12.5. The van der Waals surface area contributed by atoms with E-state index in [1.165, 1.54) is 13.2 Å². The minimum absolute atomic E-state index is 0.0774. The summed E-state index contributed by atoms with van der Waals surface area (Å²) in [6, 6.07) is 22.3. The molecule has 0 bridgehead atoms. The SMILES string of the molecule is COc1ccc(C(=O)Nc2cccc(/C=C(\C#N)C(=O)Nc3cccc(OC)c3)c2)cc1. The van der Waals surface area contributed by atoms with Gasteiger partial charge in [0, 0.05) is 23.0 Å². The molecule has 32 heavy (non-hydrogen) atoms. The summed E-state index contributed by atoms with van der Waals surface area (Å²) in [7, 11) is 3.09. The standard InChI is InChI=1S/C25H21N3O4/c1-31-22-11-9-18(10-12-22)24(29)27-20-6-3-5-17(14-20)13-19(16-26)25(30)28-21-7-4-8-23(15-21)32-2/h3-15H,1-2H3,(H,27,29)(H,28,30)/b19-13+. The summed E-state index contributed by atoms with van der Waals surface area (Å²) in [6.45, 7) is 0. The van der Waals surface area contributed by atoms with E-state index in [2.05, 4.69) is 10.6 Å². The molecule has 0 aliphatic rings. The number of rotatable bonds is 7. The van der Waals surface area contributed by atoms with Gasteiger partial charge in [-0.05, 0) is 60.2 Å². The Morgan fingerprint density at radius 1 is 0.844 bits per heavy atom. The first kappa shape index (κ1) is 22.1. The number of nitrogens with one attached hydrogen (secondary N) is 2. The van der Waals surface area contributed by atoms with Gasteiger partial charge in [0.2, 0.25) is 0 Å². The van der Waals surface area contributed by atoms with Crippen molar-refractivity contribution in [3.8, 4) is 17.6 Å². The number of nitrogens with zero attached hydrogens (tertiary/aromatic N) is 1. The van der Waals surface area contributed by atoms with Crippen LogP contribution in [0.1, 0.15) is 15.9 Å². The van der Waals surface area contributed by atoms with Gasteiger partial charge in [-0.1, -0.05) is 18.2 Å². The maximum Gasteiger partial charge on any atom is 0.266 e. The summed E-state index contributed by atoms with van der Waals surface area (Å²) in [5.74, 6) is 0.411. The van der Waals surface area contributed by atoms with Crippen molar-refractivity contribution in [2.24, 2.45) is 0 Å². The zero-order valence-electron chi connectivity index (χ0n) is 17.6. The predicted molar refractivity (Wildman–Crippen MR) is 123 cm³/mol. The van der Waals surface area contributed by atoms with Gasteiger partial charge in [0.15, 0.2) is 0 Å². The number of hydrogen-bond acceptors (Lipinski definition) is 5. The molecule has 3 rings (SSSR count). The third kappa shape index (κ3) is 5.74. The first-order valence-corrected chi connectivity index (χ1v) is 9.65. The lowest BCUT2D eigenvalue weighted by Gasteiger charge is -2.08. The van der Waals surface area contributed by atoms with Gasteiger partial charge in [0.1, 0.15) is 23.1 Å². The van der Waals surface area contributed by atoms with Gasteiger partial charge in [-0.2, -0.15) is 5.26 Å². The van der Waals surface area contributed by atoms with Crippen LogP contribution >= 0.6 is 0 Å². The molecule has 0 radical (unpaired) electrons.